The summed E-state index contributed by atoms with van der Waals surface area (Å²) >= 11 is 0. The normalized spacial score (nSPS) is 17.1. The Balaban J connectivity index is 2.01. The molecule has 0 aromatic carbocycles. The fourth-order valence-electron chi connectivity index (χ4n) is 2.29. The molecule has 1 aliphatic rings. The molecule has 0 spiro atoms. The van der Waals surface area contributed by atoms with E-state index >= 15 is 0 Å². The number of amides is 1. The van der Waals surface area contributed by atoms with E-state index in [9.17, 15) is 18.0 Å². The van der Waals surface area contributed by atoms with Crippen LogP contribution >= 0.6 is 0 Å². The summed E-state index contributed by atoms with van der Waals surface area (Å²) in [7, 11) is 1.69. The fourth-order valence-corrected chi connectivity index (χ4v) is 2.29. The molecule has 0 radical (unpaired) electrons. The van der Waals surface area contributed by atoms with Crippen LogP contribution in [-0.4, -0.2) is 42.1 Å². The summed E-state index contributed by atoms with van der Waals surface area (Å²) in [6.07, 6.45) is -2.72. The molecule has 1 aromatic rings. The number of anilines is 1. The van der Waals surface area contributed by atoms with E-state index in [2.05, 4.69) is 10.3 Å². The standard InChI is InChI=1S/C13H16F3N3O/c1-17-11-8-9(2-5-18-11)12(20)19-6-3-10(4-7-19)13(14,15)16/h2,5,8,10H,3-4,6-7H2,1H3,(H,17,18). The number of carbonyl (C=O) groups excluding carboxylic acids is 1. The number of rotatable bonds is 2. The molecule has 1 fully saturated rings. The van der Waals surface area contributed by atoms with Crippen molar-refractivity contribution in [3.63, 3.8) is 0 Å². The Kier molecular flexibility index (Phi) is 4.15. The molecule has 7 heteroatoms. The molecule has 2 heterocycles. The Labute approximate surface area is 115 Å². The van der Waals surface area contributed by atoms with E-state index in [-0.39, 0.29) is 31.8 Å². The minimum atomic E-state index is -4.16. The molecule has 4 nitrogen and oxygen atoms in total. The second-order valence-corrected chi connectivity index (χ2v) is 4.79. The number of nitrogens with one attached hydrogen (secondary N) is 1. The molecule has 1 aromatic heterocycles. The van der Waals surface area contributed by atoms with Crippen molar-refractivity contribution in [3.8, 4) is 0 Å². The number of carbonyl (C=O) groups is 1. The zero-order chi connectivity index (χ0) is 14.8. The summed E-state index contributed by atoms with van der Waals surface area (Å²) in [6.45, 7) is 0.278. The van der Waals surface area contributed by atoms with Gasteiger partial charge in [0.2, 0.25) is 0 Å². The zero-order valence-corrected chi connectivity index (χ0v) is 11.1. The molecule has 20 heavy (non-hydrogen) atoms. The number of alkyl halides is 3. The van der Waals surface area contributed by atoms with Gasteiger partial charge in [0.1, 0.15) is 5.82 Å². The summed E-state index contributed by atoms with van der Waals surface area (Å²) < 4.78 is 37.7. The Morgan fingerprint density at radius 3 is 2.60 bits per heavy atom. The average molecular weight is 287 g/mol. The van der Waals surface area contributed by atoms with Crippen LogP contribution in [0.4, 0.5) is 19.0 Å². The molecule has 0 aliphatic carbocycles. The SMILES string of the molecule is CNc1cc(C(=O)N2CCC(C(F)(F)F)CC2)ccn1. The molecule has 1 N–H and O–H groups in total. The molecule has 0 bridgehead atoms. The van der Waals surface area contributed by atoms with E-state index in [1.54, 1.807) is 19.2 Å². The number of hydrogen-bond donors (Lipinski definition) is 1. The van der Waals surface area contributed by atoms with Gasteiger partial charge in [0.25, 0.3) is 5.91 Å². The van der Waals surface area contributed by atoms with Crippen LogP contribution in [0.5, 0.6) is 0 Å². The Morgan fingerprint density at radius 1 is 1.40 bits per heavy atom. The largest absolute Gasteiger partial charge is 0.391 e. The lowest BCUT2D eigenvalue weighted by molar-refractivity contribution is -0.183. The van der Waals surface area contributed by atoms with E-state index in [1.165, 1.54) is 11.1 Å². The third-order valence-electron chi connectivity index (χ3n) is 3.51. The van der Waals surface area contributed by atoms with Crippen LogP contribution in [0, 0.1) is 5.92 Å². The predicted octanol–water partition coefficient (Wildman–Crippen LogP) is 2.54. The number of hydrogen-bond acceptors (Lipinski definition) is 3. The first kappa shape index (κ1) is 14.6. The molecule has 0 atom stereocenters. The van der Waals surface area contributed by atoms with Gasteiger partial charge in [-0.2, -0.15) is 13.2 Å². The second-order valence-electron chi connectivity index (χ2n) is 4.79. The van der Waals surface area contributed by atoms with E-state index in [0.29, 0.717) is 11.4 Å². The van der Waals surface area contributed by atoms with Crippen molar-refractivity contribution in [1.82, 2.24) is 9.88 Å². The molecular weight excluding hydrogens is 271 g/mol. The quantitative estimate of drug-likeness (QED) is 0.909. The first-order valence-electron chi connectivity index (χ1n) is 6.41. The van der Waals surface area contributed by atoms with Crippen LogP contribution < -0.4 is 5.32 Å². The van der Waals surface area contributed by atoms with Gasteiger partial charge in [-0.05, 0) is 25.0 Å². The number of likely N-dealkylation sites (tertiary alicyclic amines) is 1. The van der Waals surface area contributed by atoms with Crippen LogP contribution in [-0.2, 0) is 0 Å². The van der Waals surface area contributed by atoms with Crippen molar-refractivity contribution in [2.45, 2.75) is 19.0 Å². The summed E-state index contributed by atoms with van der Waals surface area (Å²) in [5.74, 6) is -0.984. The second kappa shape index (κ2) is 5.68. The van der Waals surface area contributed by atoms with Crippen molar-refractivity contribution in [3.05, 3.63) is 23.9 Å². The molecule has 1 aliphatic heterocycles. The van der Waals surface area contributed by atoms with E-state index in [1.807, 2.05) is 0 Å². The van der Waals surface area contributed by atoms with Gasteiger partial charge >= 0.3 is 6.18 Å². The highest BCUT2D eigenvalue weighted by Gasteiger charge is 2.41. The molecule has 2 rings (SSSR count). The zero-order valence-electron chi connectivity index (χ0n) is 11.1. The molecule has 0 unspecified atom stereocenters. The smallest absolute Gasteiger partial charge is 0.373 e. The van der Waals surface area contributed by atoms with Crippen molar-refractivity contribution >= 4 is 11.7 Å². The van der Waals surface area contributed by atoms with Gasteiger partial charge in [0, 0.05) is 31.9 Å². The molecular formula is C13H16F3N3O. The van der Waals surface area contributed by atoms with Gasteiger partial charge in [-0.15, -0.1) is 0 Å². The lowest BCUT2D eigenvalue weighted by Gasteiger charge is -2.33. The van der Waals surface area contributed by atoms with Gasteiger partial charge in [-0.25, -0.2) is 4.98 Å². The summed E-state index contributed by atoms with van der Waals surface area (Å²) in [5, 5.41) is 2.82. The minimum Gasteiger partial charge on any atom is -0.373 e. The van der Waals surface area contributed by atoms with Crippen molar-refractivity contribution in [2.24, 2.45) is 5.92 Å². The van der Waals surface area contributed by atoms with Crippen molar-refractivity contribution in [1.29, 1.82) is 0 Å². The summed E-state index contributed by atoms with van der Waals surface area (Å²) in [5.41, 5.74) is 0.440. The maximum atomic E-state index is 12.6. The number of piperidine rings is 1. The van der Waals surface area contributed by atoms with E-state index in [4.69, 9.17) is 0 Å². The third kappa shape index (κ3) is 3.20. The molecule has 1 saturated heterocycles. The first-order chi connectivity index (χ1) is 9.41. The van der Waals surface area contributed by atoms with Crippen molar-refractivity contribution < 1.29 is 18.0 Å². The van der Waals surface area contributed by atoms with E-state index in [0.717, 1.165) is 0 Å². The monoisotopic (exact) mass is 287 g/mol. The van der Waals surface area contributed by atoms with E-state index < -0.39 is 12.1 Å². The fraction of sp³-hybridized carbons (Fsp3) is 0.538. The number of aromatic nitrogens is 1. The highest BCUT2D eigenvalue weighted by molar-refractivity contribution is 5.94. The Morgan fingerprint density at radius 2 is 2.05 bits per heavy atom. The Hall–Kier alpha value is -1.79. The summed E-state index contributed by atoms with van der Waals surface area (Å²) in [4.78, 5) is 17.7. The maximum absolute atomic E-state index is 12.6. The van der Waals surface area contributed by atoms with Crippen LogP contribution in [0.15, 0.2) is 18.3 Å². The van der Waals surface area contributed by atoms with Gasteiger partial charge in [-0.3, -0.25) is 4.79 Å². The maximum Gasteiger partial charge on any atom is 0.391 e. The highest BCUT2D eigenvalue weighted by atomic mass is 19.4. The highest BCUT2D eigenvalue weighted by Crippen LogP contribution is 2.34. The lowest BCUT2D eigenvalue weighted by atomic mass is 9.96. The minimum absolute atomic E-state index is 0.0286. The molecule has 110 valence electrons. The topological polar surface area (TPSA) is 45.2 Å². The van der Waals surface area contributed by atoms with Crippen LogP contribution in [0.3, 0.4) is 0 Å². The van der Waals surface area contributed by atoms with Crippen LogP contribution in [0.25, 0.3) is 0 Å². The van der Waals surface area contributed by atoms with Gasteiger partial charge < -0.3 is 10.2 Å². The Bertz CT molecular complexity index is 482. The van der Waals surface area contributed by atoms with Crippen molar-refractivity contribution in [2.75, 3.05) is 25.5 Å². The molecule has 0 saturated carbocycles. The van der Waals surface area contributed by atoms with Gasteiger partial charge in [0.15, 0.2) is 0 Å². The predicted molar refractivity (Wildman–Crippen MR) is 68.5 cm³/mol. The number of halogens is 3. The number of nitrogens with zero attached hydrogens (tertiary/aromatic N) is 2. The molecule has 1 amide bonds. The van der Waals surface area contributed by atoms with Gasteiger partial charge in [0.05, 0.1) is 5.92 Å². The third-order valence-corrected chi connectivity index (χ3v) is 3.51. The average Bonchev–Trinajstić information content (AvgIpc) is 2.46. The number of pyridine rings is 1. The van der Waals surface area contributed by atoms with Crippen LogP contribution in [0.1, 0.15) is 23.2 Å². The first-order valence-corrected chi connectivity index (χ1v) is 6.41. The van der Waals surface area contributed by atoms with Gasteiger partial charge in [-0.1, -0.05) is 0 Å². The summed E-state index contributed by atoms with van der Waals surface area (Å²) in [6, 6.07) is 3.16. The van der Waals surface area contributed by atoms with Crippen LogP contribution in [0.2, 0.25) is 0 Å². The lowest BCUT2D eigenvalue weighted by Crippen LogP contribution is -2.42.